The van der Waals surface area contributed by atoms with Crippen molar-refractivity contribution in [2.24, 2.45) is 11.7 Å². The second-order valence-corrected chi connectivity index (χ2v) is 5.50. The fourth-order valence-corrected chi connectivity index (χ4v) is 1.99. The molecule has 1 amide bonds. The minimum Gasteiger partial charge on any atom is -0.444 e. The number of nitrogens with zero attached hydrogens (tertiary/aromatic N) is 1. The molecule has 2 aliphatic rings. The van der Waals surface area contributed by atoms with Gasteiger partial charge in [-0.2, -0.15) is 0 Å². The topological polar surface area (TPSA) is 55.6 Å². The standard InChI is InChI=1S/C10H18N2O2/c1-9(2,3)14-8(13)12-5-7-4-10(7,11)6-12/h7H,4-6,11H2,1-3H3. The van der Waals surface area contributed by atoms with Gasteiger partial charge < -0.3 is 15.4 Å². The van der Waals surface area contributed by atoms with Crippen LogP contribution in [0.15, 0.2) is 0 Å². The Bertz CT molecular complexity index is 272. The molecule has 1 saturated carbocycles. The first-order valence-electron chi connectivity index (χ1n) is 5.07. The zero-order chi connectivity index (χ0) is 10.6. The summed E-state index contributed by atoms with van der Waals surface area (Å²) in [6.45, 7) is 7.05. The lowest BCUT2D eigenvalue weighted by Crippen LogP contribution is -2.40. The monoisotopic (exact) mass is 198 g/mol. The third-order valence-electron chi connectivity index (χ3n) is 2.86. The van der Waals surface area contributed by atoms with Crippen molar-refractivity contribution in [3.05, 3.63) is 0 Å². The van der Waals surface area contributed by atoms with Gasteiger partial charge in [0.25, 0.3) is 0 Å². The predicted octanol–water partition coefficient (Wildman–Crippen LogP) is 0.955. The molecule has 4 heteroatoms. The highest BCUT2D eigenvalue weighted by Crippen LogP contribution is 2.47. The maximum absolute atomic E-state index is 11.6. The van der Waals surface area contributed by atoms with Crippen LogP contribution in [-0.4, -0.2) is 35.2 Å². The molecule has 0 bridgehead atoms. The summed E-state index contributed by atoms with van der Waals surface area (Å²) in [4.78, 5) is 13.3. The van der Waals surface area contributed by atoms with Crippen LogP contribution < -0.4 is 5.73 Å². The first-order valence-corrected chi connectivity index (χ1v) is 5.07. The molecule has 0 aromatic carbocycles. The number of ether oxygens (including phenoxy) is 1. The molecule has 0 radical (unpaired) electrons. The fourth-order valence-electron chi connectivity index (χ4n) is 1.99. The van der Waals surface area contributed by atoms with Gasteiger partial charge in [0.15, 0.2) is 0 Å². The quantitative estimate of drug-likeness (QED) is 0.630. The van der Waals surface area contributed by atoms with E-state index in [0.717, 1.165) is 13.0 Å². The molecular weight excluding hydrogens is 180 g/mol. The molecule has 0 aromatic heterocycles. The normalized spacial score (nSPS) is 35.4. The number of hydrogen-bond donors (Lipinski definition) is 1. The van der Waals surface area contributed by atoms with Crippen LogP contribution >= 0.6 is 0 Å². The third-order valence-corrected chi connectivity index (χ3v) is 2.86. The van der Waals surface area contributed by atoms with Crippen molar-refractivity contribution < 1.29 is 9.53 Å². The van der Waals surface area contributed by atoms with Crippen LogP contribution in [0, 0.1) is 5.92 Å². The van der Waals surface area contributed by atoms with Crippen LogP contribution in [0.3, 0.4) is 0 Å². The van der Waals surface area contributed by atoms with Gasteiger partial charge in [0.05, 0.1) is 0 Å². The summed E-state index contributed by atoms with van der Waals surface area (Å²) < 4.78 is 5.27. The number of fused-ring (bicyclic) bond motifs is 1. The number of rotatable bonds is 0. The van der Waals surface area contributed by atoms with E-state index < -0.39 is 5.60 Å². The maximum atomic E-state index is 11.6. The largest absolute Gasteiger partial charge is 0.444 e. The average Bonchev–Trinajstić information content (AvgIpc) is 2.47. The summed E-state index contributed by atoms with van der Waals surface area (Å²) in [7, 11) is 0. The Labute approximate surface area is 84.4 Å². The van der Waals surface area contributed by atoms with Gasteiger partial charge >= 0.3 is 6.09 Å². The van der Waals surface area contributed by atoms with Crippen molar-refractivity contribution in [1.29, 1.82) is 0 Å². The molecule has 80 valence electrons. The van der Waals surface area contributed by atoms with Gasteiger partial charge in [0.1, 0.15) is 5.60 Å². The molecule has 0 aromatic rings. The van der Waals surface area contributed by atoms with Gasteiger partial charge in [-0.3, -0.25) is 0 Å². The molecule has 1 aliphatic carbocycles. The van der Waals surface area contributed by atoms with E-state index in [1.807, 2.05) is 20.8 Å². The first kappa shape index (κ1) is 9.77. The zero-order valence-corrected chi connectivity index (χ0v) is 9.04. The van der Waals surface area contributed by atoms with E-state index in [4.69, 9.17) is 10.5 Å². The molecule has 2 N–H and O–H groups in total. The van der Waals surface area contributed by atoms with Crippen molar-refractivity contribution in [2.75, 3.05) is 13.1 Å². The summed E-state index contributed by atoms with van der Waals surface area (Å²) in [5.74, 6) is 0.509. The van der Waals surface area contributed by atoms with E-state index in [0.29, 0.717) is 12.5 Å². The summed E-state index contributed by atoms with van der Waals surface area (Å²) >= 11 is 0. The van der Waals surface area contributed by atoms with Crippen LogP contribution in [0.2, 0.25) is 0 Å². The van der Waals surface area contributed by atoms with Crippen molar-refractivity contribution in [1.82, 2.24) is 4.90 Å². The molecule has 0 spiro atoms. The van der Waals surface area contributed by atoms with E-state index in [1.54, 1.807) is 4.90 Å². The Morgan fingerprint density at radius 3 is 2.64 bits per heavy atom. The lowest BCUT2D eigenvalue weighted by Gasteiger charge is -2.25. The van der Waals surface area contributed by atoms with Gasteiger partial charge in [-0.25, -0.2) is 4.79 Å². The molecule has 1 aliphatic heterocycles. The van der Waals surface area contributed by atoms with Gasteiger partial charge in [0, 0.05) is 18.6 Å². The van der Waals surface area contributed by atoms with Crippen molar-refractivity contribution in [3.8, 4) is 0 Å². The zero-order valence-electron chi connectivity index (χ0n) is 9.04. The number of amides is 1. The van der Waals surface area contributed by atoms with Crippen LogP contribution in [0.1, 0.15) is 27.2 Å². The molecular formula is C10H18N2O2. The Morgan fingerprint density at radius 1 is 1.57 bits per heavy atom. The van der Waals surface area contributed by atoms with Crippen LogP contribution in [0.25, 0.3) is 0 Å². The molecule has 2 fully saturated rings. The predicted molar refractivity (Wildman–Crippen MR) is 52.8 cm³/mol. The van der Waals surface area contributed by atoms with E-state index in [9.17, 15) is 4.79 Å². The Balaban J connectivity index is 1.89. The van der Waals surface area contributed by atoms with Gasteiger partial charge in [-0.1, -0.05) is 0 Å². The lowest BCUT2D eigenvalue weighted by molar-refractivity contribution is 0.0271. The maximum Gasteiger partial charge on any atom is 0.410 e. The van der Waals surface area contributed by atoms with Crippen molar-refractivity contribution in [2.45, 2.75) is 38.3 Å². The molecule has 14 heavy (non-hydrogen) atoms. The summed E-state index contributed by atoms with van der Waals surface area (Å²) in [6, 6.07) is 0. The molecule has 1 heterocycles. The van der Waals surface area contributed by atoms with E-state index in [1.165, 1.54) is 0 Å². The highest BCUT2D eigenvalue weighted by Gasteiger charge is 2.58. The smallest absolute Gasteiger partial charge is 0.410 e. The Hall–Kier alpha value is -0.770. The highest BCUT2D eigenvalue weighted by molar-refractivity contribution is 5.69. The second-order valence-electron chi connectivity index (χ2n) is 5.50. The average molecular weight is 198 g/mol. The van der Waals surface area contributed by atoms with E-state index >= 15 is 0 Å². The molecule has 2 atom stereocenters. The van der Waals surface area contributed by atoms with E-state index in [2.05, 4.69) is 0 Å². The van der Waals surface area contributed by atoms with E-state index in [-0.39, 0.29) is 11.6 Å². The number of likely N-dealkylation sites (tertiary alicyclic amines) is 1. The van der Waals surface area contributed by atoms with Crippen molar-refractivity contribution in [3.63, 3.8) is 0 Å². The number of piperidine rings is 1. The van der Waals surface area contributed by atoms with Gasteiger partial charge in [-0.15, -0.1) is 0 Å². The molecule has 1 saturated heterocycles. The minimum absolute atomic E-state index is 0.0864. The number of hydrogen-bond acceptors (Lipinski definition) is 3. The first-order chi connectivity index (χ1) is 6.30. The Kier molecular flexibility index (Phi) is 1.83. The lowest BCUT2D eigenvalue weighted by atomic mass is 10.2. The SMILES string of the molecule is CC(C)(C)OC(=O)N1CC2CC2(N)C1. The van der Waals surface area contributed by atoms with Gasteiger partial charge in [-0.05, 0) is 33.1 Å². The third kappa shape index (κ3) is 1.71. The number of carbonyl (C=O) groups excluding carboxylic acids is 1. The summed E-state index contributed by atoms with van der Waals surface area (Å²) in [6.07, 6.45) is 0.835. The molecule has 2 unspecified atom stereocenters. The van der Waals surface area contributed by atoms with Crippen LogP contribution in [-0.2, 0) is 4.74 Å². The molecule has 2 rings (SSSR count). The highest BCUT2D eigenvalue weighted by atomic mass is 16.6. The van der Waals surface area contributed by atoms with Crippen LogP contribution in [0.4, 0.5) is 4.79 Å². The van der Waals surface area contributed by atoms with Crippen LogP contribution in [0.5, 0.6) is 0 Å². The number of carbonyl (C=O) groups is 1. The van der Waals surface area contributed by atoms with Gasteiger partial charge in [0.2, 0.25) is 0 Å². The minimum atomic E-state index is -0.411. The summed E-state index contributed by atoms with van der Waals surface area (Å²) in [5.41, 5.74) is 5.50. The Morgan fingerprint density at radius 2 is 2.21 bits per heavy atom. The fraction of sp³-hybridized carbons (Fsp3) is 0.900. The second kappa shape index (κ2) is 2.63. The molecule has 4 nitrogen and oxygen atoms in total. The number of nitrogens with two attached hydrogens (primary N) is 1. The summed E-state index contributed by atoms with van der Waals surface area (Å²) in [5, 5.41) is 0. The van der Waals surface area contributed by atoms with Crippen molar-refractivity contribution >= 4 is 6.09 Å².